The monoisotopic (exact) mass is 306 g/mol. The normalized spacial score (nSPS) is 27.6. The molecule has 118 valence electrons. The van der Waals surface area contributed by atoms with E-state index in [0.29, 0.717) is 13.2 Å². The Labute approximate surface area is 128 Å². The Morgan fingerprint density at radius 2 is 2.18 bits per heavy atom. The van der Waals surface area contributed by atoms with Crippen LogP contribution in [0.5, 0.6) is 0 Å². The van der Waals surface area contributed by atoms with Crippen molar-refractivity contribution in [2.24, 2.45) is 21.7 Å². The molecule has 0 spiro atoms. The first-order valence-electron chi connectivity index (χ1n) is 7.39. The Bertz CT molecular complexity index is 598. The lowest BCUT2D eigenvalue weighted by molar-refractivity contribution is -0.548. The number of nitrogens with zero attached hydrogens (tertiary/aromatic N) is 4. The number of ether oxygens (including phenoxy) is 1. The molecule has 8 heteroatoms. The summed E-state index contributed by atoms with van der Waals surface area (Å²) in [6.07, 6.45) is 5.35. The van der Waals surface area contributed by atoms with E-state index in [1.54, 1.807) is 12.2 Å². The van der Waals surface area contributed by atoms with Gasteiger partial charge in [-0.05, 0) is 19.9 Å². The number of rotatable bonds is 3. The van der Waals surface area contributed by atoms with Crippen molar-refractivity contribution in [2.75, 3.05) is 26.3 Å². The highest BCUT2D eigenvalue weighted by molar-refractivity contribution is 5.62. The summed E-state index contributed by atoms with van der Waals surface area (Å²) in [5.41, 5.74) is 3.41. The fourth-order valence-corrected chi connectivity index (χ4v) is 3.32. The van der Waals surface area contributed by atoms with Crippen LogP contribution in [-0.2, 0) is 4.74 Å². The summed E-state index contributed by atoms with van der Waals surface area (Å²) < 4.78 is 7.53. The number of nitro groups is 1. The Kier molecular flexibility index (Phi) is 3.78. The maximum Gasteiger partial charge on any atom is 0.253 e. The molecule has 2 unspecified atom stereocenters. The smallest absolute Gasteiger partial charge is 0.253 e. The topological polar surface area (TPSA) is 92.1 Å². The Morgan fingerprint density at radius 3 is 2.86 bits per heavy atom. The predicted molar refractivity (Wildman–Crippen MR) is 79.1 cm³/mol. The lowest BCUT2D eigenvalue weighted by Gasteiger charge is -2.32. The van der Waals surface area contributed by atoms with Crippen LogP contribution in [0.1, 0.15) is 13.8 Å². The highest BCUT2D eigenvalue weighted by Gasteiger charge is 2.49. The molecule has 3 rings (SSSR count). The predicted octanol–water partition coefficient (Wildman–Crippen LogP) is 1.14. The lowest BCUT2D eigenvalue weighted by Crippen LogP contribution is -2.43. The van der Waals surface area contributed by atoms with E-state index in [2.05, 4.69) is 26.6 Å². The molecule has 2 heterocycles. The number of hydrogen-bond donors (Lipinski definition) is 1. The molecule has 1 fully saturated rings. The molecule has 22 heavy (non-hydrogen) atoms. The Balaban J connectivity index is 1.95. The molecule has 2 aliphatic heterocycles. The van der Waals surface area contributed by atoms with Gasteiger partial charge >= 0.3 is 0 Å². The van der Waals surface area contributed by atoms with Crippen molar-refractivity contribution in [3.8, 4) is 0 Å². The summed E-state index contributed by atoms with van der Waals surface area (Å²) in [5, 5.41) is 19.5. The fourth-order valence-electron chi connectivity index (χ4n) is 3.32. The lowest BCUT2D eigenvalue weighted by atomic mass is 9.71. The molecule has 0 radical (unpaired) electrons. The molecule has 0 bridgehead atoms. The summed E-state index contributed by atoms with van der Waals surface area (Å²) in [7, 11) is 0. The summed E-state index contributed by atoms with van der Waals surface area (Å²) in [6.45, 7) is 7.01. The van der Waals surface area contributed by atoms with Gasteiger partial charge in [0.15, 0.2) is 13.1 Å². The third-order valence-corrected chi connectivity index (χ3v) is 4.32. The van der Waals surface area contributed by atoms with Crippen LogP contribution in [0.3, 0.4) is 0 Å². The van der Waals surface area contributed by atoms with E-state index in [9.17, 15) is 10.1 Å². The van der Waals surface area contributed by atoms with Gasteiger partial charge in [0, 0.05) is 6.08 Å². The minimum Gasteiger partial charge on any atom is -0.368 e. The van der Waals surface area contributed by atoms with Crippen LogP contribution in [0.15, 0.2) is 33.9 Å². The van der Waals surface area contributed by atoms with Gasteiger partial charge in [-0.15, -0.1) is 0 Å². The largest absolute Gasteiger partial charge is 0.368 e. The minimum absolute atomic E-state index is 0.186. The van der Waals surface area contributed by atoms with Gasteiger partial charge in [0.05, 0.1) is 22.0 Å². The van der Waals surface area contributed by atoms with Gasteiger partial charge in [0.25, 0.3) is 5.70 Å². The first kappa shape index (κ1) is 14.8. The van der Waals surface area contributed by atoms with Crippen LogP contribution in [0.25, 0.3) is 0 Å². The van der Waals surface area contributed by atoms with Gasteiger partial charge in [-0.2, -0.15) is 5.11 Å². The molecule has 1 N–H and O–H groups in total. The van der Waals surface area contributed by atoms with E-state index in [-0.39, 0.29) is 22.6 Å². The van der Waals surface area contributed by atoms with Gasteiger partial charge in [0.2, 0.25) is 0 Å². The van der Waals surface area contributed by atoms with E-state index in [1.807, 2.05) is 13.8 Å². The zero-order valence-corrected chi connectivity index (χ0v) is 12.7. The summed E-state index contributed by atoms with van der Waals surface area (Å²) >= 11 is 0. The quantitative estimate of drug-likeness (QED) is 0.481. The van der Waals surface area contributed by atoms with Crippen LogP contribution in [0, 0.1) is 21.4 Å². The van der Waals surface area contributed by atoms with Crippen LogP contribution in [0.4, 0.5) is 0 Å². The highest BCUT2D eigenvalue weighted by Crippen LogP contribution is 2.41. The van der Waals surface area contributed by atoms with Gasteiger partial charge in [-0.3, -0.25) is 15.5 Å². The van der Waals surface area contributed by atoms with E-state index >= 15 is 0 Å². The maximum atomic E-state index is 11.5. The number of morpholine rings is 1. The van der Waals surface area contributed by atoms with Gasteiger partial charge < -0.3 is 4.74 Å². The Morgan fingerprint density at radius 1 is 1.45 bits per heavy atom. The zero-order valence-electron chi connectivity index (χ0n) is 12.7. The van der Waals surface area contributed by atoms with Crippen molar-refractivity contribution in [3.63, 3.8) is 0 Å². The van der Waals surface area contributed by atoms with Crippen LogP contribution >= 0.6 is 0 Å². The van der Waals surface area contributed by atoms with Crippen LogP contribution in [0.2, 0.25) is 0 Å². The van der Waals surface area contributed by atoms with E-state index < -0.39 is 5.41 Å². The number of hydrogen-bond acceptors (Lipinski definition) is 6. The first-order valence-corrected chi connectivity index (χ1v) is 7.39. The molecule has 1 aliphatic carbocycles. The van der Waals surface area contributed by atoms with Crippen molar-refractivity contribution in [1.29, 1.82) is 0 Å². The van der Waals surface area contributed by atoms with Crippen LogP contribution < -0.4 is 5.43 Å². The average molecular weight is 306 g/mol. The molecular formula is C14H20N5O3+. The summed E-state index contributed by atoms with van der Waals surface area (Å²) in [6, 6.07) is -0.322. The summed E-state index contributed by atoms with van der Waals surface area (Å²) in [5.74, 6) is -0.357. The summed E-state index contributed by atoms with van der Waals surface area (Å²) in [4.78, 5) is 11.2. The molecule has 0 saturated carbocycles. The van der Waals surface area contributed by atoms with Gasteiger partial charge in [-0.1, -0.05) is 5.22 Å². The highest BCUT2D eigenvalue weighted by atomic mass is 16.6. The minimum atomic E-state index is -0.425. The number of allylic oxidation sites excluding steroid dienone is 2. The zero-order chi connectivity index (χ0) is 15.7. The van der Waals surface area contributed by atoms with Gasteiger partial charge in [-0.25, -0.2) is 4.58 Å². The maximum absolute atomic E-state index is 11.5. The van der Waals surface area contributed by atoms with E-state index in [4.69, 9.17) is 4.74 Å². The van der Waals surface area contributed by atoms with Crippen molar-refractivity contribution in [3.05, 3.63) is 33.7 Å². The molecule has 3 aliphatic rings. The standard InChI is InChI=1S/C14H20N5O3/c1-14(2,9-18-5-7-22-8-6-18)12-11(19(20)21)4-3-10-13(12)16-17-15-10/h3-4,9,12-13H,5-8H2,1-2H3,(H,15,16)/q+1. The molecular weight excluding hydrogens is 286 g/mol. The average Bonchev–Trinajstić information content (AvgIpc) is 2.94. The van der Waals surface area contributed by atoms with Crippen molar-refractivity contribution >= 4 is 6.21 Å². The molecule has 0 amide bonds. The third kappa shape index (κ3) is 2.66. The molecule has 0 aromatic heterocycles. The number of nitrogens with one attached hydrogen (secondary N) is 1. The SMILES string of the molecule is CC(C)(C=[N+]1CCOCC1)C1C([N+](=O)[O-])=CC=C2NN=NC21. The van der Waals surface area contributed by atoms with E-state index in [1.165, 1.54) is 0 Å². The second-order valence-electron chi connectivity index (χ2n) is 6.32. The third-order valence-electron chi connectivity index (χ3n) is 4.32. The van der Waals surface area contributed by atoms with Crippen LogP contribution in [-0.4, -0.2) is 48.1 Å². The second-order valence-corrected chi connectivity index (χ2v) is 6.32. The van der Waals surface area contributed by atoms with Crippen molar-refractivity contribution in [2.45, 2.75) is 19.9 Å². The molecule has 0 aromatic carbocycles. The second kappa shape index (κ2) is 5.60. The number of fused-ring (bicyclic) bond motifs is 1. The van der Waals surface area contributed by atoms with Crippen molar-refractivity contribution < 1.29 is 14.2 Å². The fraction of sp³-hybridized carbons (Fsp3) is 0.643. The van der Waals surface area contributed by atoms with E-state index in [0.717, 1.165) is 18.8 Å². The Hall–Kier alpha value is -2.09. The molecule has 1 saturated heterocycles. The molecule has 2 atom stereocenters. The van der Waals surface area contributed by atoms with Crippen molar-refractivity contribution in [1.82, 2.24) is 5.43 Å². The molecule has 8 nitrogen and oxygen atoms in total. The first-order chi connectivity index (χ1) is 10.5. The molecule has 0 aromatic rings. The van der Waals surface area contributed by atoms with Gasteiger partial charge in [0.1, 0.15) is 25.5 Å².